The Morgan fingerprint density at radius 3 is 2.86 bits per heavy atom. The van der Waals surface area contributed by atoms with Gasteiger partial charge in [0, 0.05) is 12.1 Å². The normalized spacial score (nSPS) is 11.2. The van der Waals surface area contributed by atoms with Crippen LogP contribution in [0.4, 0.5) is 0 Å². The van der Waals surface area contributed by atoms with Crippen molar-refractivity contribution in [3.05, 3.63) is 16.4 Å². The minimum absolute atomic E-state index is 0.628. The highest BCUT2D eigenvalue weighted by Crippen LogP contribution is 2.17. The lowest BCUT2D eigenvalue weighted by Crippen LogP contribution is -2.10. The van der Waals surface area contributed by atoms with Gasteiger partial charge in [-0.05, 0) is 41.9 Å². The van der Waals surface area contributed by atoms with Gasteiger partial charge >= 0.3 is 0 Å². The molecule has 0 aromatic carbocycles. The van der Waals surface area contributed by atoms with Crippen LogP contribution in [0.2, 0.25) is 0 Å². The summed E-state index contributed by atoms with van der Waals surface area (Å²) < 4.78 is 3.15. The lowest BCUT2D eigenvalue weighted by Gasteiger charge is -2.06. The van der Waals surface area contributed by atoms with Gasteiger partial charge in [0.15, 0.2) is 0 Å². The number of hydrogen-bond acceptors (Lipinski definition) is 2. The van der Waals surface area contributed by atoms with Gasteiger partial charge in [0.05, 0.1) is 6.20 Å². The first-order valence-corrected chi connectivity index (χ1v) is 5.79. The average molecular weight is 260 g/mol. The Kier molecular flexibility index (Phi) is 4.62. The molecule has 0 spiro atoms. The molecule has 1 aromatic rings. The number of aromatic nitrogens is 2. The number of hydrogen-bond donors (Lipinski definition) is 1. The molecule has 0 saturated heterocycles. The summed E-state index contributed by atoms with van der Waals surface area (Å²) >= 11 is 3.58. The van der Waals surface area contributed by atoms with Crippen molar-refractivity contribution < 1.29 is 0 Å². The van der Waals surface area contributed by atoms with Crippen LogP contribution in [-0.4, -0.2) is 23.4 Å². The van der Waals surface area contributed by atoms with E-state index < -0.39 is 0 Å². The summed E-state index contributed by atoms with van der Waals surface area (Å²) in [6, 6.07) is 0. The van der Waals surface area contributed by atoms with E-state index >= 15 is 0 Å². The lowest BCUT2D eigenvalue weighted by atomic mass is 10.2. The van der Waals surface area contributed by atoms with Crippen LogP contribution in [0.1, 0.15) is 19.4 Å². The number of nitrogens with one attached hydrogen (secondary N) is 1. The van der Waals surface area contributed by atoms with E-state index in [9.17, 15) is 0 Å². The predicted molar refractivity (Wildman–Crippen MR) is 62.4 cm³/mol. The predicted octanol–water partition coefficient (Wildman–Crippen LogP) is 2.06. The third-order valence-electron chi connectivity index (χ3n) is 2.03. The molecular weight excluding hydrogens is 242 g/mol. The van der Waals surface area contributed by atoms with Gasteiger partial charge < -0.3 is 5.32 Å². The SMILES string of the molecule is CNCCc1cnn(CC(C)C)c1Br. The summed E-state index contributed by atoms with van der Waals surface area (Å²) in [5, 5.41) is 7.49. The van der Waals surface area contributed by atoms with Crippen molar-refractivity contribution in [3.8, 4) is 0 Å². The van der Waals surface area contributed by atoms with E-state index in [1.165, 1.54) is 5.56 Å². The maximum Gasteiger partial charge on any atom is 0.107 e. The van der Waals surface area contributed by atoms with Crippen molar-refractivity contribution in [2.24, 2.45) is 5.92 Å². The van der Waals surface area contributed by atoms with E-state index in [2.05, 4.69) is 40.2 Å². The smallest absolute Gasteiger partial charge is 0.107 e. The topological polar surface area (TPSA) is 29.9 Å². The summed E-state index contributed by atoms with van der Waals surface area (Å²) in [7, 11) is 1.96. The Hall–Kier alpha value is -0.350. The Balaban J connectivity index is 2.65. The first kappa shape index (κ1) is 11.7. The van der Waals surface area contributed by atoms with Gasteiger partial charge in [-0.1, -0.05) is 13.8 Å². The fourth-order valence-electron chi connectivity index (χ4n) is 1.31. The monoisotopic (exact) mass is 259 g/mol. The standard InChI is InChI=1S/C10H18BrN3/c1-8(2)7-14-10(11)9(6-13-14)4-5-12-3/h6,8,12H,4-5,7H2,1-3H3. The van der Waals surface area contributed by atoms with Crippen molar-refractivity contribution in [2.45, 2.75) is 26.8 Å². The molecule has 1 N–H and O–H groups in total. The molecule has 1 aromatic heterocycles. The first-order chi connectivity index (χ1) is 6.65. The molecule has 0 aliphatic rings. The highest BCUT2D eigenvalue weighted by atomic mass is 79.9. The Morgan fingerprint density at radius 2 is 2.29 bits per heavy atom. The van der Waals surface area contributed by atoms with Gasteiger partial charge in [0.2, 0.25) is 0 Å². The van der Waals surface area contributed by atoms with Gasteiger partial charge in [-0.3, -0.25) is 4.68 Å². The lowest BCUT2D eigenvalue weighted by molar-refractivity contribution is 0.475. The summed E-state index contributed by atoms with van der Waals surface area (Å²) in [5.74, 6) is 0.628. The molecule has 0 aliphatic carbocycles. The Bertz CT molecular complexity index is 281. The minimum atomic E-state index is 0.628. The van der Waals surface area contributed by atoms with E-state index in [-0.39, 0.29) is 0 Å². The second-order valence-electron chi connectivity index (χ2n) is 3.89. The number of likely N-dealkylation sites (N-methyl/N-ethyl adjacent to an activating group) is 1. The van der Waals surface area contributed by atoms with Gasteiger partial charge in [-0.15, -0.1) is 0 Å². The maximum absolute atomic E-state index is 4.35. The molecule has 0 atom stereocenters. The fraction of sp³-hybridized carbons (Fsp3) is 0.700. The van der Waals surface area contributed by atoms with Crippen LogP contribution in [0.3, 0.4) is 0 Å². The molecule has 14 heavy (non-hydrogen) atoms. The molecule has 4 heteroatoms. The molecule has 80 valence electrons. The summed E-state index contributed by atoms with van der Waals surface area (Å²) in [4.78, 5) is 0. The largest absolute Gasteiger partial charge is 0.319 e. The van der Waals surface area contributed by atoms with Crippen LogP contribution in [0.5, 0.6) is 0 Å². The molecule has 1 heterocycles. The van der Waals surface area contributed by atoms with Gasteiger partial charge in [0.25, 0.3) is 0 Å². The molecule has 0 radical (unpaired) electrons. The molecule has 0 unspecified atom stereocenters. The molecule has 0 amide bonds. The van der Waals surface area contributed by atoms with Crippen molar-refractivity contribution in [3.63, 3.8) is 0 Å². The van der Waals surface area contributed by atoms with E-state index in [1.54, 1.807) is 0 Å². The van der Waals surface area contributed by atoms with Crippen molar-refractivity contribution in [1.29, 1.82) is 0 Å². The molecule has 0 saturated carbocycles. The number of nitrogens with zero attached hydrogens (tertiary/aromatic N) is 2. The molecule has 3 nitrogen and oxygen atoms in total. The molecule has 1 rings (SSSR count). The van der Waals surface area contributed by atoms with E-state index in [0.29, 0.717) is 5.92 Å². The Morgan fingerprint density at radius 1 is 1.57 bits per heavy atom. The van der Waals surface area contributed by atoms with Crippen molar-refractivity contribution >= 4 is 15.9 Å². The maximum atomic E-state index is 4.35. The highest BCUT2D eigenvalue weighted by Gasteiger charge is 2.08. The minimum Gasteiger partial charge on any atom is -0.319 e. The van der Waals surface area contributed by atoms with Crippen molar-refractivity contribution in [2.75, 3.05) is 13.6 Å². The van der Waals surface area contributed by atoms with E-state index in [4.69, 9.17) is 0 Å². The third kappa shape index (κ3) is 3.10. The number of rotatable bonds is 5. The van der Waals surface area contributed by atoms with Crippen LogP contribution < -0.4 is 5.32 Å². The second kappa shape index (κ2) is 5.51. The third-order valence-corrected chi connectivity index (χ3v) is 2.95. The van der Waals surface area contributed by atoms with Crippen LogP contribution in [0.15, 0.2) is 10.8 Å². The molecule has 0 bridgehead atoms. The zero-order valence-corrected chi connectivity index (χ0v) is 10.6. The van der Waals surface area contributed by atoms with Gasteiger partial charge in [0.1, 0.15) is 4.60 Å². The van der Waals surface area contributed by atoms with E-state index in [1.807, 2.05) is 17.9 Å². The summed E-state index contributed by atoms with van der Waals surface area (Å²) in [6.07, 6.45) is 2.97. The Labute approximate surface area is 94.0 Å². The zero-order chi connectivity index (χ0) is 10.6. The summed E-state index contributed by atoms with van der Waals surface area (Å²) in [5.41, 5.74) is 1.28. The van der Waals surface area contributed by atoms with Crippen LogP contribution in [-0.2, 0) is 13.0 Å². The van der Waals surface area contributed by atoms with Crippen LogP contribution in [0.25, 0.3) is 0 Å². The quantitative estimate of drug-likeness (QED) is 0.878. The summed E-state index contributed by atoms with van der Waals surface area (Å²) in [6.45, 7) is 6.36. The molecular formula is C10H18BrN3. The van der Waals surface area contributed by atoms with Gasteiger partial charge in [-0.25, -0.2) is 0 Å². The fourth-order valence-corrected chi connectivity index (χ4v) is 1.85. The van der Waals surface area contributed by atoms with Gasteiger partial charge in [-0.2, -0.15) is 5.10 Å². The van der Waals surface area contributed by atoms with E-state index in [0.717, 1.165) is 24.1 Å². The van der Waals surface area contributed by atoms with Crippen LogP contribution in [0, 0.1) is 5.92 Å². The first-order valence-electron chi connectivity index (χ1n) is 5.00. The molecule has 0 fully saturated rings. The number of halogens is 1. The highest BCUT2D eigenvalue weighted by molar-refractivity contribution is 9.10. The molecule has 0 aliphatic heterocycles. The van der Waals surface area contributed by atoms with Crippen LogP contribution >= 0.6 is 15.9 Å². The van der Waals surface area contributed by atoms with Crippen molar-refractivity contribution in [1.82, 2.24) is 15.1 Å². The average Bonchev–Trinajstić information content (AvgIpc) is 2.45. The second-order valence-corrected chi connectivity index (χ2v) is 4.64. The zero-order valence-electron chi connectivity index (χ0n) is 9.05.